The number of hydrogen-bond acceptors (Lipinski definition) is 8. The zero-order valence-corrected chi connectivity index (χ0v) is 21.4. The van der Waals surface area contributed by atoms with Crippen LogP contribution >= 0.6 is 0 Å². The molecule has 0 radical (unpaired) electrons. The van der Waals surface area contributed by atoms with Gasteiger partial charge in [0, 0.05) is 11.5 Å². The van der Waals surface area contributed by atoms with Crippen molar-refractivity contribution >= 4 is 34.9 Å². The summed E-state index contributed by atoms with van der Waals surface area (Å²) >= 11 is 0. The maximum absolute atomic E-state index is 14.0. The van der Waals surface area contributed by atoms with Gasteiger partial charge >= 0.3 is 0 Å². The fourth-order valence-corrected chi connectivity index (χ4v) is 7.00. The Morgan fingerprint density at radius 1 is 1.08 bits per heavy atom. The number of phenolic OH excluding ortho intramolecular Hbond substituents is 1. The number of nitrogens with two attached hydrogens (primary N) is 1. The number of benzene rings is 2. The molecule has 6 rings (SSSR count). The minimum absolute atomic E-state index is 0.0557. The van der Waals surface area contributed by atoms with Crippen molar-refractivity contribution in [3.05, 3.63) is 81.1 Å². The van der Waals surface area contributed by atoms with E-state index in [1.165, 1.54) is 11.0 Å². The first-order chi connectivity index (χ1) is 18.5. The lowest BCUT2D eigenvalue weighted by Gasteiger charge is -2.50. The first kappa shape index (κ1) is 25.1. The Balaban J connectivity index is 1.53. The molecule has 0 saturated heterocycles. The van der Waals surface area contributed by atoms with Crippen LogP contribution in [0.15, 0.2) is 53.3 Å². The molecule has 9 heteroatoms. The minimum atomic E-state index is -2.65. The molecule has 0 bridgehead atoms. The van der Waals surface area contributed by atoms with Crippen molar-refractivity contribution in [1.29, 1.82) is 0 Å². The summed E-state index contributed by atoms with van der Waals surface area (Å²) in [6, 6.07) is 10.1. The second-order valence-corrected chi connectivity index (χ2v) is 11.0. The van der Waals surface area contributed by atoms with Gasteiger partial charge in [0.2, 0.25) is 5.78 Å². The molecule has 39 heavy (non-hydrogen) atoms. The summed E-state index contributed by atoms with van der Waals surface area (Å²) in [5.41, 5.74) is 6.60. The van der Waals surface area contributed by atoms with Crippen LogP contribution in [-0.4, -0.2) is 68.5 Å². The van der Waals surface area contributed by atoms with Crippen molar-refractivity contribution in [2.45, 2.75) is 30.9 Å². The van der Waals surface area contributed by atoms with E-state index >= 15 is 0 Å². The molecule has 0 aromatic heterocycles. The molecule has 200 valence electrons. The van der Waals surface area contributed by atoms with Gasteiger partial charge in [0.05, 0.1) is 11.6 Å². The van der Waals surface area contributed by atoms with Crippen LogP contribution in [0.1, 0.15) is 34.2 Å². The van der Waals surface area contributed by atoms with Crippen LogP contribution in [0.2, 0.25) is 0 Å². The van der Waals surface area contributed by atoms with Gasteiger partial charge in [-0.25, -0.2) is 0 Å². The topological polar surface area (TPSA) is 161 Å². The summed E-state index contributed by atoms with van der Waals surface area (Å²) in [7, 11) is 3.15. The summed E-state index contributed by atoms with van der Waals surface area (Å²) in [5.74, 6) is -6.56. The monoisotopic (exact) mass is 528 g/mol. The van der Waals surface area contributed by atoms with Gasteiger partial charge in [0.15, 0.2) is 11.4 Å². The van der Waals surface area contributed by atoms with E-state index in [1.54, 1.807) is 20.2 Å². The molecule has 4 atom stereocenters. The number of carbonyl (C=O) groups excluding carboxylic acids is 3. The number of phenols is 1. The molecule has 2 aromatic carbocycles. The number of ketones is 2. The lowest BCUT2D eigenvalue weighted by atomic mass is 9.57. The lowest BCUT2D eigenvalue weighted by molar-refractivity contribution is -0.153. The van der Waals surface area contributed by atoms with Crippen molar-refractivity contribution in [2.75, 3.05) is 14.1 Å². The number of aromatic hydroxyl groups is 1. The number of carbonyl (C=O) groups is 3. The van der Waals surface area contributed by atoms with E-state index in [2.05, 4.69) is 6.08 Å². The number of aliphatic hydroxyl groups is 3. The zero-order valence-electron chi connectivity index (χ0n) is 21.4. The molecule has 9 nitrogen and oxygen atoms in total. The van der Waals surface area contributed by atoms with Crippen LogP contribution in [0.4, 0.5) is 0 Å². The Morgan fingerprint density at radius 3 is 2.46 bits per heavy atom. The standard InChI is InChI=1S/C30H28N2O7/c1-32(2)24-19-12-16-11-18-17(15-9-13-5-3-4-6-14(13)10-15)7-8-20(33)22(18)25(34)21(16)27(36)30(19,39)28(37)23(26(24)35)29(31)38/h3-9,16,19,24,33-34,37,39H,10-12H2,1-2H3,(H2,31,38)/t16-,19-,24?,30-/m1/s1. The minimum Gasteiger partial charge on any atom is -0.508 e. The summed E-state index contributed by atoms with van der Waals surface area (Å²) in [6.07, 6.45) is 3.05. The molecule has 1 saturated carbocycles. The molecule has 4 aliphatic rings. The predicted molar refractivity (Wildman–Crippen MR) is 142 cm³/mol. The number of amides is 1. The molecular weight excluding hydrogens is 500 g/mol. The van der Waals surface area contributed by atoms with E-state index in [-0.39, 0.29) is 29.7 Å². The number of aliphatic hydroxyl groups excluding tert-OH is 2. The Morgan fingerprint density at radius 2 is 1.79 bits per heavy atom. The number of primary amides is 1. The Labute approximate surface area is 224 Å². The van der Waals surface area contributed by atoms with Gasteiger partial charge in [0.25, 0.3) is 5.91 Å². The Kier molecular flexibility index (Phi) is 5.40. The zero-order chi connectivity index (χ0) is 28.0. The van der Waals surface area contributed by atoms with E-state index < -0.39 is 58.0 Å². The molecule has 4 aliphatic carbocycles. The van der Waals surface area contributed by atoms with E-state index in [0.717, 1.165) is 22.3 Å². The highest BCUT2D eigenvalue weighted by Crippen LogP contribution is 2.53. The molecule has 2 aromatic rings. The van der Waals surface area contributed by atoms with Gasteiger partial charge in [-0.05, 0) is 73.2 Å². The normalized spacial score (nSPS) is 27.7. The van der Waals surface area contributed by atoms with Crippen LogP contribution in [0.25, 0.3) is 17.4 Å². The van der Waals surface area contributed by atoms with Gasteiger partial charge in [0.1, 0.15) is 22.8 Å². The molecule has 0 heterocycles. The van der Waals surface area contributed by atoms with Crippen LogP contribution in [0, 0.1) is 11.8 Å². The summed E-state index contributed by atoms with van der Waals surface area (Å²) in [6.45, 7) is 0. The third-order valence-electron chi connectivity index (χ3n) is 8.72. The number of rotatable bonds is 3. The van der Waals surface area contributed by atoms with Gasteiger partial charge < -0.3 is 26.2 Å². The summed E-state index contributed by atoms with van der Waals surface area (Å²) in [4.78, 5) is 40.8. The fraction of sp³-hybridized carbons (Fsp3) is 0.300. The SMILES string of the molecule is CN(C)C1C(=O)C(C(N)=O)=C(O)[C@]2(O)C(=O)C3=C(O)c4c(O)ccc(C5=Cc6ccccc6C5)c4C[C@@H]3C[C@H]12. The van der Waals surface area contributed by atoms with Crippen LogP contribution in [0.3, 0.4) is 0 Å². The lowest BCUT2D eigenvalue weighted by Crippen LogP contribution is -2.65. The maximum Gasteiger partial charge on any atom is 0.255 e. The molecule has 0 spiro atoms. The van der Waals surface area contributed by atoms with Gasteiger partial charge in [-0.1, -0.05) is 36.4 Å². The molecule has 1 amide bonds. The van der Waals surface area contributed by atoms with Crippen molar-refractivity contribution in [2.24, 2.45) is 17.6 Å². The second-order valence-electron chi connectivity index (χ2n) is 11.0. The molecule has 1 unspecified atom stereocenters. The van der Waals surface area contributed by atoms with E-state index in [1.807, 2.05) is 24.3 Å². The molecular formula is C30H28N2O7. The predicted octanol–water partition coefficient (Wildman–Crippen LogP) is 2.06. The quantitative estimate of drug-likeness (QED) is 0.378. The maximum atomic E-state index is 14.0. The van der Waals surface area contributed by atoms with Crippen molar-refractivity contribution in [3.8, 4) is 5.75 Å². The Hall–Kier alpha value is -4.21. The van der Waals surface area contributed by atoms with Gasteiger partial charge in [-0.2, -0.15) is 0 Å². The highest BCUT2D eigenvalue weighted by Gasteiger charge is 2.64. The largest absolute Gasteiger partial charge is 0.508 e. The summed E-state index contributed by atoms with van der Waals surface area (Å²) in [5, 5.41) is 44.9. The van der Waals surface area contributed by atoms with E-state index in [4.69, 9.17) is 5.73 Å². The van der Waals surface area contributed by atoms with Crippen molar-refractivity contribution < 1.29 is 34.8 Å². The number of hydrogen-bond donors (Lipinski definition) is 5. The van der Waals surface area contributed by atoms with Crippen molar-refractivity contribution in [1.82, 2.24) is 4.90 Å². The summed E-state index contributed by atoms with van der Waals surface area (Å²) < 4.78 is 0. The third kappa shape index (κ3) is 3.30. The number of likely N-dealkylation sites (N-methyl/N-ethyl adjacent to an activating group) is 1. The average molecular weight is 529 g/mol. The number of allylic oxidation sites excluding steroid dienone is 1. The molecule has 6 N–H and O–H groups in total. The molecule has 1 fully saturated rings. The van der Waals surface area contributed by atoms with Crippen LogP contribution < -0.4 is 5.73 Å². The van der Waals surface area contributed by atoms with Crippen LogP contribution in [0.5, 0.6) is 5.75 Å². The number of nitrogens with zero attached hydrogens (tertiary/aromatic N) is 1. The van der Waals surface area contributed by atoms with Gasteiger partial charge in [-0.15, -0.1) is 0 Å². The van der Waals surface area contributed by atoms with Crippen molar-refractivity contribution in [3.63, 3.8) is 0 Å². The third-order valence-corrected chi connectivity index (χ3v) is 8.72. The Bertz CT molecular complexity index is 1600. The van der Waals surface area contributed by atoms with Gasteiger partial charge in [-0.3, -0.25) is 19.3 Å². The highest BCUT2D eigenvalue weighted by molar-refractivity contribution is 6.24. The fourth-order valence-electron chi connectivity index (χ4n) is 7.00. The first-order valence-corrected chi connectivity index (χ1v) is 12.7. The average Bonchev–Trinajstić information content (AvgIpc) is 3.30. The molecule has 0 aliphatic heterocycles. The number of Topliss-reactive ketones (excluding diaryl/α,β-unsaturated/α-hetero) is 2. The van der Waals surface area contributed by atoms with E-state index in [9.17, 15) is 34.8 Å². The first-order valence-electron chi connectivity index (χ1n) is 12.7. The smallest absolute Gasteiger partial charge is 0.255 e. The van der Waals surface area contributed by atoms with E-state index in [0.29, 0.717) is 12.0 Å². The second kappa shape index (κ2) is 8.39. The van der Waals surface area contributed by atoms with Crippen LogP contribution in [-0.2, 0) is 27.2 Å². The highest BCUT2D eigenvalue weighted by atomic mass is 16.3. The number of fused-ring (bicyclic) bond motifs is 4.